The van der Waals surface area contributed by atoms with Crippen LogP contribution in [0.15, 0.2) is 22.9 Å². The van der Waals surface area contributed by atoms with Gasteiger partial charge in [-0.3, -0.25) is 9.78 Å². The number of rotatable bonds is 3. The Morgan fingerprint density at radius 2 is 2.29 bits per heavy atom. The average molecular weight is 234 g/mol. The van der Waals surface area contributed by atoms with Crippen LogP contribution in [0, 0.1) is 0 Å². The minimum Gasteiger partial charge on any atom is -0.489 e. The first-order chi connectivity index (χ1) is 8.15. The molecule has 0 aromatic carbocycles. The Balaban J connectivity index is 2.61. The molecule has 5 heteroatoms. The maximum absolute atomic E-state index is 11.9. The average Bonchev–Trinajstić information content (AvgIpc) is 2.68. The van der Waals surface area contributed by atoms with E-state index in [1.165, 1.54) is 4.90 Å². The van der Waals surface area contributed by atoms with Crippen molar-refractivity contribution < 1.29 is 13.9 Å². The quantitative estimate of drug-likeness (QED) is 0.814. The summed E-state index contributed by atoms with van der Waals surface area (Å²) in [7, 11) is 3.34. The maximum atomic E-state index is 11.9. The van der Waals surface area contributed by atoms with E-state index in [0.717, 1.165) is 5.39 Å². The molecule has 0 bridgehead atoms. The molecule has 2 heterocycles. The molecule has 0 aliphatic rings. The monoisotopic (exact) mass is 234 g/mol. The third-order valence-corrected chi connectivity index (χ3v) is 2.34. The molecule has 0 fully saturated rings. The second kappa shape index (κ2) is 4.45. The lowest BCUT2D eigenvalue weighted by molar-refractivity contribution is 0.0793. The number of amides is 1. The van der Waals surface area contributed by atoms with Crippen LogP contribution in [0.1, 0.15) is 17.5 Å². The molecule has 0 aliphatic carbocycles. The Bertz CT molecular complexity index is 546. The third-order valence-electron chi connectivity index (χ3n) is 2.34. The number of nitrogens with zero attached hydrogens (tertiary/aromatic N) is 2. The standard InChI is InChI=1S/C12H14N2O3/c1-4-16-10-8-5-6-13-7-9(8)17-11(10)12(15)14(2)3/h5-7H,4H2,1-3H3. The van der Waals surface area contributed by atoms with Gasteiger partial charge in [0, 0.05) is 20.3 Å². The van der Waals surface area contributed by atoms with Gasteiger partial charge in [-0.1, -0.05) is 0 Å². The number of aromatic nitrogens is 1. The van der Waals surface area contributed by atoms with Gasteiger partial charge in [-0.15, -0.1) is 0 Å². The molecule has 90 valence electrons. The van der Waals surface area contributed by atoms with Crippen LogP contribution < -0.4 is 4.74 Å². The van der Waals surface area contributed by atoms with Gasteiger partial charge in [0.1, 0.15) is 0 Å². The van der Waals surface area contributed by atoms with Crippen molar-refractivity contribution in [3.63, 3.8) is 0 Å². The number of carbonyl (C=O) groups is 1. The number of pyridine rings is 1. The molecule has 5 nitrogen and oxygen atoms in total. The Hall–Kier alpha value is -2.04. The van der Waals surface area contributed by atoms with Crippen molar-refractivity contribution >= 4 is 16.9 Å². The van der Waals surface area contributed by atoms with Crippen LogP contribution in [0.25, 0.3) is 11.0 Å². The lowest BCUT2D eigenvalue weighted by Gasteiger charge is -2.09. The van der Waals surface area contributed by atoms with Crippen molar-refractivity contribution in [2.45, 2.75) is 6.92 Å². The van der Waals surface area contributed by atoms with Crippen molar-refractivity contribution in [2.24, 2.45) is 0 Å². The summed E-state index contributed by atoms with van der Waals surface area (Å²) in [6.07, 6.45) is 3.22. The highest BCUT2D eigenvalue weighted by Gasteiger charge is 2.23. The SMILES string of the molecule is CCOc1c(C(=O)N(C)C)oc2cnccc12. The highest BCUT2D eigenvalue weighted by Crippen LogP contribution is 2.33. The fraction of sp³-hybridized carbons (Fsp3) is 0.333. The van der Waals surface area contributed by atoms with E-state index in [-0.39, 0.29) is 11.7 Å². The first-order valence-electron chi connectivity index (χ1n) is 5.36. The lowest BCUT2D eigenvalue weighted by Crippen LogP contribution is -2.21. The van der Waals surface area contributed by atoms with Crippen molar-refractivity contribution in [1.82, 2.24) is 9.88 Å². The van der Waals surface area contributed by atoms with Crippen LogP contribution in [-0.4, -0.2) is 36.5 Å². The van der Waals surface area contributed by atoms with Gasteiger partial charge in [0.15, 0.2) is 11.3 Å². The van der Waals surface area contributed by atoms with E-state index in [1.54, 1.807) is 32.6 Å². The van der Waals surface area contributed by atoms with Crippen LogP contribution >= 0.6 is 0 Å². The van der Waals surface area contributed by atoms with E-state index in [2.05, 4.69) is 4.98 Å². The van der Waals surface area contributed by atoms with Gasteiger partial charge >= 0.3 is 0 Å². The first kappa shape index (κ1) is 11.4. The predicted molar refractivity (Wildman–Crippen MR) is 63.2 cm³/mol. The van der Waals surface area contributed by atoms with E-state index in [9.17, 15) is 4.79 Å². The number of hydrogen-bond donors (Lipinski definition) is 0. The first-order valence-corrected chi connectivity index (χ1v) is 5.36. The number of hydrogen-bond acceptors (Lipinski definition) is 4. The minimum absolute atomic E-state index is 0.218. The zero-order valence-electron chi connectivity index (χ0n) is 10.1. The zero-order chi connectivity index (χ0) is 12.4. The van der Waals surface area contributed by atoms with E-state index >= 15 is 0 Å². The highest BCUT2D eigenvalue weighted by molar-refractivity contribution is 6.01. The normalized spacial score (nSPS) is 10.5. The Kier molecular flexibility index (Phi) is 2.99. The second-order valence-corrected chi connectivity index (χ2v) is 3.76. The van der Waals surface area contributed by atoms with Crippen LogP contribution in [0.5, 0.6) is 5.75 Å². The van der Waals surface area contributed by atoms with E-state index < -0.39 is 0 Å². The van der Waals surface area contributed by atoms with Gasteiger partial charge in [0.05, 0.1) is 18.2 Å². The minimum atomic E-state index is -0.218. The summed E-state index contributed by atoms with van der Waals surface area (Å²) in [6.45, 7) is 2.34. The number of fused-ring (bicyclic) bond motifs is 1. The van der Waals surface area contributed by atoms with Gasteiger partial charge < -0.3 is 14.1 Å². The summed E-state index contributed by atoms with van der Waals surface area (Å²) in [6, 6.07) is 1.77. The Labute approximate surface area is 99.0 Å². The number of furan rings is 1. The fourth-order valence-corrected chi connectivity index (χ4v) is 1.56. The molecule has 17 heavy (non-hydrogen) atoms. The zero-order valence-corrected chi connectivity index (χ0v) is 10.1. The van der Waals surface area contributed by atoms with Crippen LogP contribution in [-0.2, 0) is 0 Å². The molecular weight excluding hydrogens is 220 g/mol. The number of carbonyl (C=O) groups excluding carboxylic acids is 1. The van der Waals surface area contributed by atoms with Crippen molar-refractivity contribution in [1.29, 1.82) is 0 Å². The molecule has 0 unspecified atom stereocenters. The summed E-state index contributed by atoms with van der Waals surface area (Å²) < 4.78 is 11.0. The second-order valence-electron chi connectivity index (χ2n) is 3.76. The van der Waals surface area contributed by atoms with Gasteiger partial charge in [0.25, 0.3) is 5.91 Å². The summed E-state index contributed by atoms with van der Waals surface area (Å²) in [4.78, 5) is 17.4. The molecule has 2 rings (SSSR count). The van der Waals surface area contributed by atoms with Gasteiger partial charge in [-0.2, -0.15) is 0 Å². The van der Waals surface area contributed by atoms with Crippen LogP contribution in [0.2, 0.25) is 0 Å². The molecule has 0 N–H and O–H groups in total. The third kappa shape index (κ3) is 1.95. The predicted octanol–water partition coefficient (Wildman–Crippen LogP) is 1.93. The highest BCUT2D eigenvalue weighted by atomic mass is 16.5. The van der Waals surface area contributed by atoms with Crippen molar-refractivity contribution in [2.75, 3.05) is 20.7 Å². The fourth-order valence-electron chi connectivity index (χ4n) is 1.56. The molecule has 0 spiro atoms. The van der Waals surface area contributed by atoms with Gasteiger partial charge in [-0.05, 0) is 13.0 Å². The van der Waals surface area contributed by atoms with Crippen molar-refractivity contribution in [3.8, 4) is 5.75 Å². The van der Waals surface area contributed by atoms with Crippen LogP contribution in [0.3, 0.4) is 0 Å². The summed E-state index contributed by atoms with van der Waals surface area (Å²) in [5, 5.41) is 0.770. The molecule has 2 aromatic rings. The summed E-state index contributed by atoms with van der Waals surface area (Å²) in [5.74, 6) is 0.494. The topological polar surface area (TPSA) is 55.6 Å². The molecular formula is C12H14N2O3. The smallest absolute Gasteiger partial charge is 0.293 e. The summed E-state index contributed by atoms with van der Waals surface area (Å²) in [5.41, 5.74) is 0.557. The maximum Gasteiger partial charge on any atom is 0.293 e. The van der Waals surface area contributed by atoms with E-state index in [4.69, 9.17) is 9.15 Å². The Morgan fingerprint density at radius 3 is 2.94 bits per heavy atom. The van der Waals surface area contributed by atoms with Gasteiger partial charge in [0.2, 0.25) is 5.76 Å². The Morgan fingerprint density at radius 1 is 1.53 bits per heavy atom. The van der Waals surface area contributed by atoms with E-state index in [0.29, 0.717) is 17.9 Å². The van der Waals surface area contributed by atoms with Gasteiger partial charge in [-0.25, -0.2) is 0 Å². The molecule has 2 aromatic heterocycles. The number of ether oxygens (including phenoxy) is 1. The summed E-state index contributed by atoms with van der Waals surface area (Å²) >= 11 is 0. The molecule has 0 saturated heterocycles. The molecule has 0 aliphatic heterocycles. The van der Waals surface area contributed by atoms with Crippen molar-refractivity contribution in [3.05, 3.63) is 24.2 Å². The largest absolute Gasteiger partial charge is 0.489 e. The molecule has 0 atom stereocenters. The molecule has 0 radical (unpaired) electrons. The van der Waals surface area contributed by atoms with Crippen LogP contribution in [0.4, 0.5) is 0 Å². The molecule has 1 amide bonds. The molecule has 0 saturated carbocycles. The van der Waals surface area contributed by atoms with E-state index in [1.807, 2.05) is 6.92 Å². The lowest BCUT2D eigenvalue weighted by atomic mass is 10.2.